The lowest BCUT2D eigenvalue weighted by molar-refractivity contribution is 0.0672. The van der Waals surface area contributed by atoms with Gasteiger partial charge < -0.3 is 30.2 Å². The third-order valence-corrected chi connectivity index (χ3v) is 5.98. The summed E-state index contributed by atoms with van der Waals surface area (Å²) >= 11 is 0. The molecule has 0 saturated carbocycles. The van der Waals surface area contributed by atoms with Crippen molar-refractivity contribution < 1.29 is 23.8 Å². The Labute approximate surface area is 218 Å². The Morgan fingerprint density at radius 3 is 2.27 bits per heavy atom. The van der Waals surface area contributed by atoms with E-state index in [0.717, 1.165) is 5.56 Å². The number of hydrogen-bond acceptors (Lipinski definition) is 6. The molecule has 0 aliphatic carbocycles. The summed E-state index contributed by atoms with van der Waals surface area (Å²) in [6, 6.07) is 19.5. The summed E-state index contributed by atoms with van der Waals surface area (Å²) in [5, 5.41) is 2.92. The molecule has 0 radical (unpaired) electrons. The van der Waals surface area contributed by atoms with Gasteiger partial charge in [-0.15, -0.1) is 0 Å². The molecule has 2 amide bonds. The highest BCUT2D eigenvalue weighted by Crippen LogP contribution is 2.29. The highest BCUT2D eigenvalue weighted by molar-refractivity contribution is 6.04. The lowest BCUT2D eigenvalue weighted by atomic mass is 9.92. The van der Waals surface area contributed by atoms with Gasteiger partial charge in [0.15, 0.2) is 11.5 Å². The fourth-order valence-electron chi connectivity index (χ4n) is 3.87. The van der Waals surface area contributed by atoms with Crippen LogP contribution < -0.4 is 25.3 Å². The van der Waals surface area contributed by atoms with Gasteiger partial charge in [0.05, 0.1) is 21.3 Å². The van der Waals surface area contributed by atoms with Gasteiger partial charge in [0, 0.05) is 29.9 Å². The zero-order valence-electron chi connectivity index (χ0n) is 22.0. The average Bonchev–Trinajstić information content (AvgIpc) is 2.92. The molecule has 0 fully saturated rings. The normalized spacial score (nSPS) is 11.0. The number of ether oxygens (including phenoxy) is 3. The molecule has 0 aromatic heterocycles. The smallest absolute Gasteiger partial charge is 0.255 e. The Morgan fingerprint density at radius 1 is 0.865 bits per heavy atom. The third-order valence-electron chi connectivity index (χ3n) is 5.98. The minimum absolute atomic E-state index is 0.159. The van der Waals surface area contributed by atoms with Crippen LogP contribution in [0.5, 0.6) is 17.2 Å². The summed E-state index contributed by atoms with van der Waals surface area (Å²) in [6.45, 7) is 5.23. The molecule has 0 heterocycles. The molecule has 8 heteroatoms. The number of carbonyl (C=O) groups excluding carboxylic acids is 2. The predicted molar refractivity (Wildman–Crippen MR) is 145 cm³/mol. The molecule has 0 aliphatic heterocycles. The van der Waals surface area contributed by atoms with E-state index in [9.17, 15) is 9.59 Å². The van der Waals surface area contributed by atoms with Crippen LogP contribution in [0, 0.1) is 5.41 Å². The van der Waals surface area contributed by atoms with Crippen molar-refractivity contribution in [2.45, 2.75) is 20.4 Å². The van der Waals surface area contributed by atoms with E-state index in [1.807, 2.05) is 38.1 Å². The number of nitrogens with two attached hydrogens (primary N) is 1. The van der Waals surface area contributed by atoms with E-state index in [1.54, 1.807) is 61.6 Å². The molecule has 0 spiro atoms. The molecule has 0 bridgehead atoms. The van der Waals surface area contributed by atoms with Crippen molar-refractivity contribution in [1.82, 2.24) is 4.90 Å². The maximum absolute atomic E-state index is 13.6. The topological polar surface area (TPSA) is 103 Å². The summed E-state index contributed by atoms with van der Waals surface area (Å²) in [7, 11) is 4.64. The van der Waals surface area contributed by atoms with Gasteiger partial charge >= 0.3 is 0 Å². The Bertz CT molecular complexity index is 1240. The summed E-state index contributed by atoms with van der Waals surface area (Å²) in [6.07, 6.45) is 0. The second-order valence-corrected chi connectivity index (χ2v) is 9.49. The average molecular weight is 506 g/mol. The van der Waals surface area contributed by atoms with E-state index in [-0.39, 0.29) is 17.2 Å². The molecule has 3 rings (SSSR count). The number of methoxy groups -OCH3 is 3. The Hall–Kier alpha value is -4.04. The third kappa shape index (κ3) is 7.24. The van der Waals surface area contributed by atoms with E-state index in [4.69, 9.17) is 19.9 Å². The first-order valence-corrected chi connectivity index (χ1v) is 12.0. The first kappa shape index (κ1) is 27.5. The minimum atomic E-state index is -0.301. The number of hydrogen-bond donors (Lipinski definition) is 2. The predicted octanol–water partition coefficient (Wildman–Crippen LogP) is 4.59. The van der Waals surface area contributed by atoms with E-state index < -0.39 is 0 Å². The van der Waals surface area contributed by atoms with Crippen molar-refractivity contribution in [2.75, 3.05) is 39.7 Å². The molecular formula is C29H35N3O5. The maximum Gasteiger partial charge on any atom is 0.255 e. The second kappa shape index (κ2) is 12.3. The molecule has 3 aromatic carbocycles. The van der Waals surface area contributed by atoms with Crippen LogP contribution in [0.25, 0.3) is 0 Å². The highest BCUT2D eigenvalue weighted by Gasteiger charge is 2.26. The Morgan fingerprint density at radius 2 is 1.59 bits per heavy atom. The van der Waals surface area contributed by atoms with E-state index in [1.165, 1.54) is 7.11 Å². The first-order chi connectivity index (χ1) is 17.7. The molecule has 3 aromatic rings. The fraction of sp³-hybridized carbons (Fsp3) is 0.310. The standard InChI is InChI=1S/C29H35N3O5/c1-29(2,18-30)19-32(28(34)22-12-13-25(36-4)26(16-22)37-5)17-20-8-6-10-23(14-20)31-27(33)21-9-7-11-24(15-21)35-3/h6-16H,17-19,30H2,1-5H3,(H,31,33). The molecule has 0 saturated heterocycles. The van der Waals surface area contributed by atoms with Crippen LogP contribution in [0.3, 0.4) is 0 Å². The van der Waals surface area contributed by atoms with Gasteiger partial charge in [-0.1, -0.05) is 32.0 Å². The van der Waals surface area contributed by atoms with Crippen LogP contribution in [0.2, 0.25) is 0 Å². The number of anilines is 1. The number of benzene rings is 3. The zero-order chi connectivity index (χ0) is 27.0. The SMILES string of the molecule is COc1cccc(C(=O)Nc2cccc(CN(CC(C)(C)CN)C(=O)c3ccc(OC)c(OC)c3)c2)c1. The molecule has 196 valence electrons. The van der Waals surface area contributed by atoms with E-state index in [2.05, 4.69) is 5.32 Å². The number of nitrogens with one attached hydrogen (secondary N) is 1. The van der Waals surface area contributed by atoms with Crippen molar-refractivity contribution in [3.05, 3.63) is 83.4 Å². The van der Waals surface area contributed by atoms with Crippen molar-refractivity contribution in [1.29, 1.82) is 0 Å². The van der Waals surface area contributed by atoms with E-state index >= 15 is 0 Å². The van der Waals surface area contributed by atoms with Gasteiger partial charge in [-0.05, 0) is 66.1 Å². The van der Waals surface area contributed by atoms with Crippen LogP contribution in [0.4, 0.5) is 5.69 Å². The summed E-state index contributed by atoms with van der Waals surface area (Å²) < 4.78 is 15.9. The van der Waals surface area contributed by atoms with Gasteiger partial charge in [0.1, 0.15) is 5.75 Å². The molecule has 0 aliphatic rings. The number of carbonyl (C=O) groups is 2. The van der Waals surface area contributed by atoms with Gasteiger partial charge in [-0.3, -0.25) is 9.59 Å². The quantitative estimate of drug-likeness (QED) is 0.395. The molecule has 37 heavy (non-hydrogen) atoms. The van der Waals surface area contributed by atoms with Crippen molar-refractivity contribution in [2.24, 2.45) is 11.1 Å². The van der Waals surface area contributed by atoms with Crippen molar-refractivity contribution >= 4 is 17.5 Å². The molecule has 0 unspecified atom stereocenters. The molecule has 0 atom stereocenters. The maximum atomic E-state index is 13.6. The second-order valence-electron chi connectivity index (χ2n) is 9.49. The minimum Gasteiger partial charge on any atom is -0.497 e. The van der Waals surface area contributed by atoms with Crippen LogP contribution in [-0.4, -0.2) is 51.1 Å². The number of nitrogens with zero attached hydrogens (tertiary/aromatic N) is 1. The monoisotopic (exact) mass is 505 g/mol. The van der Waals surface area contributed by atoms with Crippen molar-refractivity contribution in [3.63, 3.8) is 0 Å². The number of amides is 2. The Kier molecular flexibility index (Phi) is 9.14. The lowest BCUT2D eigenvalue weighted by Crippen LogP contribution is -2.41. The Balaban J connectivity index is 1.85. The van der Waals surface area contributed by atoms with Gasteiger partial charge in [0.2, 0.25) is 0 Å². The van der Waals surface area contributed by atoms with Crippen molar-refractivity contribution in [3.8, 4) is 17.2 Å². The fourth-order valence-corrected chi connectivity index (χ4v) is 3.87. The van der Waals surface area contributed by atoms with Gasteiger partial charge in [0.25, 0.3) is 11.8 Å². The van der Waals surface area contributed by atoms with Crippen LogP contribution in [0.15, 0.2) is 66.7 Å². The molecule has 3 N–H and O–H groups in total. The highest BCUT2D eigenvalue weighted by atomic mass is 16.5. The van der Waals surface area contributed by atoms with Crippen LogP contribution >= 0.6 is 0 Å². The van der Waals surface area contributed by atoms with Gasteiger partial charge in [-0.25, -0.2) is 0 Å². The summed E-state index contributed by atoms with van der Waals surface area (Å²) in [5.74, 6) is 1.22. The largest absolute Gasteiger partial charge is 0.497 e. The summed E-state index contributed by atoms with van der Waals surface area (Å²) in [4.78, 5) is 28.2. The van der Waals surface area contributed by atoms with Crippen LogP contribution in [0.1, 0.15) is 40.1 Å². The zero-order valence-corrected chi connectivity index (χ0v) is 22.0. The van der Waals surface area contributed by atoms with E-state index in [0.29, 0.717) is 53.7 Å². The first-order valence-electron chi connectivity index (χ1n) is 12.0. The molecule has 8 nitrogen and oxygen atoms in total. The summed E-state index contributed by atoms with van der Waals surface area (Å²) in [5.41, 5.74) is 8.15. The van der Waals surface area contributed by atoms with Crippen LogP contribution in [-0.2, 0) is 6.54 Å². The lowest BCUT2D eigenvalue weighted by Gasteiger charge is -2.32. The number of rotatable bonds is 11. The van der Waals surface area contributed by atoms with Gasteiger partial charge in [-0.2, -0.15) is 0 Å². The molecular weight excluding hydrogens is 470 g/mol.